The summed E-state index contributed by atoms with van der Waals surface area (Å²) in [6.07, 6.45) is 3.87. The van der Waals surface area contributed by atoms with E-state index in [1.807, 2.05) is 19.2 Å². The first-order chi connectivity index (χ1) is 11.6. The number of carbonyl (C=O) groups is 2. The molecule has 1 atom stereocenters. The average Bonchev–Trinajstić information content (AvgIpc) is 3.15. The zero-order valence-corrected chi connectivity index (χ0v) is 14.1. The van der Waals surface area contributed by atoms with E-state index in [1.54, 1.807) is 0 Å². The van der Waals surface area contributed by atoms with Crippen LogP contribution in [0.4, 0.5) is 10.6 Å². The Hall–Kier alpha value is -2.15. The van der Waals surface area contributed by atoms with Crippen molar-refractivity contribution in [2.75, 3.05) is 44.6 Å². The van der Waals surface area contributed by atoms with Crippen LogP contribution >= 0.6 is 0 Å². The SMILES string of the molecule is Cc1ccc(NC[C@@H]2CCN(CCCN3C(=O)CNC3=O)C2)nc1. The van der Waals surface area contributed by atoms with Gasteiger partial charge in [0.25, 0.3) is 0 Å². The molecule has 3 rings (SSSR count). The Balaban J connectivity index is 1.34. The predicted molar refractivity (Wildman–Crippen MR) is 91.7 cm³/mol. The van der Waals surface area contributed by atoms with E-state index in [4.69, 9.17) is 0 Å². The first kappa shape index (κ1) is 16.7. The summed E-state index contributed by atoms with van der Waals surface area (Å²) in [5.41, 5.74) is 1.16. The van der Waals surface area contributed by atoms with Crippen LogP contribution in [0.1, 0.15) is 18.4 Å². The highest BCUT2D eigenvalue weighted by Crippen LogP contribution is 2.17. The number of likely N-dealkylation sites (tertiary alicyclic amines) is 1. The Morgan fingerprint density at radius 3 is 2.92 bits per heavy atom. The Morgan fingerprint density at radius 2 is 2.21 bits per heavy atom. The van der Waals surface area contributed by atoms with Crippen molar-refractivity contribution in [1.82, 2.24) is 20.1 Å². The minimum Gasteiger partial charge on any atom is -0.370 e. The lowest BCUT2D eigenvalue weighted by Crippen LogP contribution is -2.34. The molecule has 0 aliphatic carbocycles. The van der Waals surface area contributed by atoms with Gasteiger partial charge in [-0.1, -0.05) is 6.07 Å². The number of imide groups is 1. The smallest absolute Gasteiger partial charge is 0.324 e. The Labute approximate surface area is 142 Å². The van der Waals surface area contributed by atoms with Crippen LogP contribution in [0.25, 0.3) is 0 Å². The number of nitrogens with one attached hydrogen (secondary N) is 2. The number of aromatic nitrogens is 1. The molecule has 2 aliphatic rings. The third kappa shape index (κ3) is 4.23. The second-order valence-corrected chi connectivity index (χ2v) is 6.61. The summed E-state index contributed by atoms with van der Waals surface area (Å²) in [5, 5.41) is 5.95. The van der Waals surface area contributed by atoms with Crippen molar-refractivity contribution in [3.05, 3.63) is 23.9 Å². The number of nitrogens with zero attached hydrogens (tertiary/aromatic N) is 3. The van der Waals surface area contributed by atoms with Crippen LogP contribution in [-0.2, 0) is 4.79 Å². The number of carbonyl (C=O) groups excluding carboxylic acids is 2. The van der Waals surface area contributed by atoms with Gasteiger partial charge in [0, 0.05) is 25.8 Å². The number of hydrogen-bond donors (Lipinski definition) is 2. The molecule has 2 aliphatic heterocycles. The highest BCUT2D eigenvalue weighted by Gasteiger charge is 2.28. The number of anilines is 1. The number of amides is 3. The monoisotopic (exact) mass is 331 g/mol. The number of aryl methyl sites for hydroxylation is 1. The molecule has 3 heterocycles. The maximum Gasteiger partial charge on any atom is 0.324 e. The van der Waals surface area contributed by atoms with E-state index in [0.29, 0.717) is 12.5 Å². The normalized spacial score (nSPS) is 21.4. The quantitative estimate of drug-likeness (QED) is 0.731. The molecule has 1 aromatic rings. The number of hydrogen-bond acceptors (Lipinski definition) is 5. The molecule has 130 valence electrons. The Bertz CT molecular complexity index is 573. The third-order valence-electron chi connectivity index (χ3n) is 4.65. The van der Waals surface area contributed by atoms with E-state index in [9.17, 15) is 9.59 Å². The van der Waals surface area contributed by atoms with Gasteiger partial charge in [-0.3, -0.25) is 9.69 Å². The van der Waals surface area contributed by atoms with Crippen LogP contribution in [0.2, 0.25) is 0 Å². The van der Waals surface area contributed by atoms with Crippen LogP contribution in [0.3, 0.4) is 0 Å². The van der Waals surface area contributed by atoms with E-state index >= 15 is 0 Å². The Morgan fingerprint density at radius 1 is 1.33 bits per heavy atom. The molecule has 24 heavy (non-hydrogen) atoms. The van der Waals surface area contributed by atoms with Crippen molar-refractivity contribution in [3.63, 3.8) is 0 Å². The van der Waals surface area contributed by atoms with Gasteiger partial charge in [-0.15, -0.1) is 0 Å². The number of urea groups is 1. The molecule has 0 radical (unpaired) electrons. The van der Waals surface area contributed by atoms with Crippen molar-refractivity contribution in [2.24, 2.45) is 5.92 Å². The van der Waals surface area contributed by atoms with Crippen LogP contribution < -0.4 is 10.6 Å². The molecule has 0 aromatic carbocycles. The van der Waals surface area contributed by atoms with Gasteiger partial charge >= 0.3 is 6.03 Å². The van der Waals surface area contributed by atoms with Crippen molar-refractivity contribution in [3.8, 4) is 0 Å². The van der Waals surface area contributed by atoms with Gasteiger partial charge in [-0.25, -0.2) is 9.78 Å². The molecule has 2 saturated heterocycles. The fourth-order valence-corrected chi connectivity index (χ4v) is 3.24. The second-order valence-electron chi connectivity index (χ2n) is 6.61. The maximum atomic E-state index is 11.5. The summed E-state index contributed by atoms with van der Waals surface area (Å²) in [6, 6.07) is 3.82. The van der Waals surface area contributed by atoms with Gasteiger partial charge in [-0.05, 0) is 50.4 Å². The van der Waals surface area contributed by atoms with E-state index in [-0.39, 0.29) is 18.5 Å². The molecule has 7 nitrogen and oxygen atoms in total. The fourth-order valence-electron chi connectivity index (χ4n) is 3.24. The topological polar surface area (TPSA) is 77.6 Å². The summed E-state index contributed by atoms with van der Waals surface area (Å²) in [7, 11) is 0. The Kier molecular flexibility index (Phi) is 5.30. The van der Waals surface area contributed by atoms with E-state index in [1.165, 1.54) is 11.3 Å². The minimum atomic E-state index is -0.255. The van der Waals surface area contributed by atoms with Crippen molar-refractivity contribution in [2.45, 2.75) is 19.8 Å². The molecule has 0 bridgehead atoms. The minimum absolute atomic E-state index is 0.117. The molecular formula is C17H25N5O2. The first-order valence-corrected chi connectivity index (χ1v) is 8.59. The molecule has 2 fully saturated rings. The average molecular weight is 331 g/mol. The second kappa shape index (κ2) is 7.61. The standard InChI is InChI=1S/C17H25N5O2/c1-13-3-4-15(18-9-13)19-10-14-5-8-21(12-14)6-2-7-22-16(23)11-20-17(22)24/h3-4,9,14H,2,5-8,10-12H2,1H3,(H,18,19)(H,20,24)/t14-/m0/s1. The summed E-state index contributed by atoms with van der Waals surface area (Å²) in [4.78, 5) is 31.1. The van der Waals surface area contributed by atoms with Gasteiger partial charge < -0.3 is 15.5 Å². The highest BCUT2D eigenvalue weighted by atomic mass is 16.2. The van der Waals surface area contributed by atoms with Gasteiger partial charge in [0.05, 0.1) is 6.54 Å². The van der Waals surface area contributed by atoms with Crippen LogP contribution in [0, 0.1) is 12.8 Å². The van der Waals surface area contributed by atoms with E-state index in [0.717, 1.165) is 44.0 Å². The predicted octanol–water partition coefficient (Wildman–Crippen LogP) is 1.07. The van der Waals surface area contributed by atoms with Crippen LogP contribution in [0.5, 0.6) is 0 Å². The van der Waals surface area contributed by atoms with Gasteiger partial charge in [0.2, 0.25) is 5.91 Å². The van der Waals surface area contributed by atoms with Gasteiger partial charge in [0.1, 0.15) is 5.82 Å². The highest BCUT2D eigenvalue weighted by molar-refractivity contribution is 6.01. The van der Waals surface area contributed by atoms with Gasteiger partial charge in [-0.2, -0.15) is 0 Å². The molecular weight excluding hydrogens is 306 g/mol. The third-order valence-corrected chi connectivity index (χ3v) is 4.65. The van der Waals surface area contributed by atoms with E-state index in [2.05, 4.69) is 26.6 Å². The lowest BCUT2D eigenvalue weighted by Gasteiger charge is -2.18. The summed E-state index contributed by atoms with van der Waals surface area (Å²) in [5.74, 6) is 1.43. The first-order valence-electron chi connectivity index (χ1n) is 8.59. The molecule has 2 N–H and O–H groups in total. The van der Waals surface area contributed by atoms with Crippen molar-refractivity contribution < 1.29 is 9.59 Å². The zero-order chi connectivity index (χ0) is 16.9. The van der Waals surface area contributed by atoms with Crippen LogP contribution in [0.15, 0.2) is 18.3 Å². The number of pyridine rings is 1. The lowest BCUT2D eigenvalue weighted by molar-refractivity contribution is -0.125. The van der Waals surface area contributed by atoms with E-state index < -0.39 is 0 Å². The zero-order valence-electron chi connectivity index (χ0n) is 14.1. The molecule has 0 spiro atoms. The molecule has 3 amide bonds. The largest absolute Gasteiger partial charge is 0.370 e. The van der Waals surface area contributed by atoms with Gasteiger partial charge in [0.15, 0.2) is 0 Å². The fraction of sp³-hybridized carbons (Fsp3) is 0.588. The summed E-state index contributed by atoms with van der Waals surface area (Å²) < 4.78 is 0. The van der Waals surface area contributed by atoms with Crippen molar-refractivity contribution in [1.29, 1.82) is 0 Å². The number of rotatable bonds is 7. The summed E-state index contributed by atoms with van der Waals surface area (Å²) >= 11 is 0. The summed E-state index contributed by atoms with van der Waals surface area (Å²) in [6.45, 7) is 6.68. The molecule has 7 heteroatoms. The van der Waals surface area contributed by atoms with Crippen LogP contribution in [-0.4, -0.2) is 66.0 Å². The molecule has 0 saturated carbocycles. The molecule has 0 unspecified atom stereocenters. The van der Waals surface area contributed by atoms with Crippen molar-refractivity contribution >= 4 is 17.8 Å². The lowest BCUT2D eigenvalue weighted by atomic mass is 10.1. The molecule has 1 aromatic heterocycles. The maximum absolute atomic E-state index is 11.5.